The molecule has 0 heterocycles. The van der Waals surface area contributed by atoms with Crippen molar-refractivity contribution in [3.63, 3.8) is 0 Å². The van der Waals surface area contributed by atoms with Crippen LogP contribution in [0.5, 0.6) is 0 Å². The summed E-state index contributed by atoms with van der Waals surface area (Å²) in [5.41, 5.74) is -0.918. The highest BCUT2D eigenvalue weighted by Crippen LogP contribution is 2.30. The third kappa shape index (κ3) is 4.22. The number of para-hydroxylation sites is 1. The predicted molar refractivity (Wildman–Crippen MR) is 77.5 cm³/mol. The molecule has 0 spiro atoms. The number of carbonyl (C=O) groups is 2. The summed E-state index contributed by atoms with van der Waals surface area (Å²) in [7, 11) is 0. The maximum absolute atomic E-state index is 12.6. The lowest BCUT2D eigenvalue weighted by Crippen LogP contribution is -2.17. The van der Waals surface area contributed by atoms with Gasteiger partial charge in [0.1, 0.15) is 0 Å². The lowest BCUT2D eigenvalue weighted by Gasteiger charge is -2.11. The fourth-order valence-corrected chi connectivity index (χ4v) is 1.88. The van der Waals surface area contributed by atoms with Gasteiger partial charge in [-0.25, -0.2) is 4.79 Å². The topological polar surface area (TPSA) is 78.4 Å². The second-order valence-electron chi connectivity index (χ2n) is 4.51. The summed E-state index contributed by atoms with van der Waals surface area (Å²) >= 11 is 0. The Hall–Kier alpha value is -3.03. The zero-order valence-electron chi connectivity index (χ0n) is 11.5. The number of carbonyl (C=O) groups excluding carboxylic acids is 1. The smallest absolute Gasteiger partial charge is 0.416 e. The summed E-state index contributed by atoms with van der Waals surface area (Å²) in [4.78, 5) is 22.8. The van der Waals surface area contributed by atoms with Crippen molar-refractivity contribution >= 4 is 23.4 Å². The van der Waals surface area contributed by atoms with Gasteiger partial charge < -0.3 is 10.4 Å². The van der Waals surface area contributed by atoms with Crippen LogP contribution in [0.2, 0.25) is 0 Å². The quantitative estimate of drug-likeness (QED) is 0.797. The molecule has 5 nitrogen and oxygen atoms in total. The molecule has 0 aliphatic rings. The number of hydrogen-bond donors (Lipinski definition) is 3. The molecule has 0 bridgehead atoms. The van der Waals surface area contributed by atoms with Crippen LogP contribution in [0.15, 0.2) is 48.5 Å². The molecule has 8 heteroatoms. The molecular formula is C15H11F3N2O3. The first-order chi connectivity index (χ1) is 10.8. The SMILES string of the molecule is O=C(O)Nc1ccccc1C(=O)Nc1cccc(C(F)(F)F)c1. The highest BCUT2D eigenvalue weighted by molar-refractivity contribution is 6.09. The molecule has 0 aromatic heterocycles. The summed E-state index contributed by atoms with van der Waals surface area (Å²) in [6.07, 6.45) is -5.88. The van der Waals surface area contributed by atoms with Crippen LogP contribution in [0.4, 0.5) is 29.3 Å². The Bertz CT molecular complexity index is 745. The minimum Gasteiger partial charge on any atom is -0.465 e. The molecular weight excluding hydrogens is 313 g/mol. The molecule has 0 saturated carbocycles. The third-order valence-electron chi connectivity index (χ3n) is 2.86. The van der Waals surface area contributed by atoms with Crippen molar-refractivity contribution in [3.05, 3.63) is 59.7 Å². The van der Waals surface area contributed by atoms with Gasteiger partial charge in [0, 0.05) is 5.69 Å². The van der Waals surface area contributed by atoms with Gasteiger partial charge in [-0.2, -0.15) is 13.2 Å². The lowest BCUT2D eigenvalue weighted by atomic mass is 10.1. The third-order valence-corrected chi connectivity index (χ3v) is 2.86. The lowest BCUT2D eigenvalue weighted by molar-refractivity contribution is -0.137. The van der Waals surface area contributed by atoms with Gasteiger partial charge in [-0.1, -0.05) is 18.2 Å². The number of amides is 2. The van der Waals surface area contributed by atoms with E-state index in [1.807, 2.05) is 0 Å². The van der Waals surface area contributed by atoms with Gasteiger partial charge in [0.25, 0.3) is 5.91 Å². The zero-order chi connectivity index (χ0) is 17.0. The molecule has 2 rings (SSSR count). The van der Waals surface area contributed by atoms with E-state index in [0.29, 0.717) is 0 Å². The van der Waals surface area contributed by atoms with E-state index in [1.54, 1.807) is 0 Å². The van der Waals surface area contributed by atoms with E-state index >= 15 is 0 Å². The number of nitrogens with one attached hydrogen (secondary N) is 2. The summed E-state index contributed by atoms with van der Waals surface area (Å²) in [6.45, 7) is 0. The summed E-state index contributed by atoms with van der Waals surface area (Å²) in [5.74, 6) is -0.728. The van der Waals surface area contributed by atoms with Crippen LogP contribution in [-0.2, 0) is 6.18 Å². The maximum atomic E-state index is 12.6. The molecule has 120 valence electrons. The minimum absolute atomic E-state index is 0.00712. The standard InChI is InChI=1S/C15H11F3N2O3/c16-15(17,18)9-4-3-5-10(8-9)19-13(21)11-6-1-2-7-12(11)20-14(22)23/h1-8,20H,(H,19,21)(H,22,23). The molecule has 0 radical (unpaired) electrons. The number of anilines is 2. The van der Waals surface area contributed by atoms with Gasteiger partial charge in [-0.3, -0.25) is 10.1 Å². The Kier molecular flexibility index (Phi) is 4.54. The van der Waals surface area contributed by atoms with Gasteiger partial charge in [-0.05, 0) is 30.3 Å². The Morgan fingerprint density at radius 2 is 1.65 bits per heavy atom. The summed E-state index contributed by atoms with van der Waals surface area (Å²) < 4.78 is 37.9. The van der Waals surface area contributed by atoms with Crippen LogP contribution < -0.4 is 10.6 Å². The normalized spacial score (nSPS) is 10.9. The molecule has 2 aromatic carbocycles. The Morgan fingerprint density at radius 1 is 0.957 bits per heavy atom. The number of carboxylic acid groups (broad SMARTS) is 1. The van der Waals surface area contributed by atoms with Crippen molar-refractivity contribution in [2.45, 2.75) is 6.18 Å². The van der Waals surface area contributed by atoms with Crippen LogP contribution >= 0.6 is 0 Å². The molecule has 2 aromatic rings. The number of hydrogen-bond acceptors (Lipinski definition) is 2. The minimum atomic E-state index is -4.52. The highest BCUT2D eigenvalue weighted by Gasteiger charge is 2.30. The molecule has 0 atom stereocenters. The molecule has 0 unspecified atom stereocenters. The highest BCUT2D eigenvalue weighted by atomic mass is 19.4. The van der Waals surface area contributed by atoms with Crippen LogP contribution in [0.25, 0.3) is 0 Å². The number of alkyl halides is 3. The molecule has 0 fully saturated rings. The Balaban J connectivity index is 2.25. The van der Waals surface area contributed by atoms with Crippen molar-refractivity contribution in [3.8, 4) is 0 Å². The van der Waals surface area contributed by atoms with Crippen molar-refractivity contribution in [1.29, 1.82) is 0 Å². The van der Waals surface area contributed by atoms with E-state index in [-0.39, 0.29) is 16.9 Å². The van der Waals surface area contributed by atoms with Crippen LogP contribution in [-0.4, -0.2) is 17.1 Å². The average molecular weight is 324 g/mol. The second-order valence-corrected chi connectivity index (χ2v) is 4.51. The Morgan fingerprint density at radius 3 is 2.30 bits per heavy atom. The van der Waals surface area contributed by atoms with Gasteiger partial charge >= 0.3 is 12.3 Å². The van der Waals surface area contributed by atoms with Crippen molar-refractivity contribution in [1.82, 2.24) is 0 Å². The monoisotopic (exact) mass is 324 g/mol. The van der Waals surface area contributed by atoms with E-state index in [9.17, 15) is 22.8 Å². The summed E-state index contributed by atoms with van der Waals surface area (Å²) in [6, 6.07) is 9.91. The molecule has 0 saturated heterocycles. The van der Waals surface area contributed by atoms with Crippen molar-refractivity contribution < 1.29 is 27.9 Å². The number of benzene rings is 2. The van der Waals surface area contributed by atoms with Gasteiger partial charge in [0.15, 0.2) is 0 Å². The van der Waals surface area contributed by atoms with E-state index in [0.717, 1.165) is 12.1 Å². The van der Waals surface area contributed by atoms with E-state index < -0.39 is 23.7 Å². The first kappa shape index (κ1) is 16.3. The van der Waals surface area contributed by atoms with Crippen LogP contribution in [0, 0.1) is 0 Å². The van der Waals surface area contributed by atoms with Crippen molar-refractivity contribution in [2.75, 3.05) is 10.6 Å². The van der Waals surface area contributed by atoms with Crippen LogP contribution in [0.1, 0.15) is 15.9 Å². The van der Waals surface area contributed by atoms with E-state index in [1.165, 1.54) is 36.4 Å². The second kappa shape index (κ2) is 6.39. The summed E-state index contributed by atoms with van der Waals surface area (Å²) in [5, 5.41) is 13.1. The van der Waals surface area contributed by atoms with E-state index in [2.05, 4.69) is 10.6 Å². The van der Waals surface area contributed by atoms with Gasteiger partial charge in [0.05, 0.1) is 16.8 Å². The maximum Gasteiger partial charge on any atom is 0.416 e. The molecule has 0 aliphatic carbocycles. The predicted octanol–water partition coefficient (Wildman–Crippen LogP) is 4.05. The van der Waals surface area contributed by atoms with Gasteiger partial charge in [-0.15, -0.1) is 0 Å². The fraction of sp³-hybridized carbons (Fsp3) is 0.0667. The first-order valence-corrected chi connectivity index (χ1v) is 6.35. The largest absolute Gasteiger partial charge is 0.465 e. The van der Waals surface area contributed by atoms with Gasteiger partial charge in [0.2, 0.25) is 0 Å². The Labute approximate surface area is 128 Å². The average Bonchev–Trinajstić information content (AvgIpc) is 2.46. The van der Waals surface area contributed by atoms with E-state index in [4.69, 9.17) is 5.11 Å². The van der Waals surface area contributed by atoms with Crippen LogP contribution in [0.3, 0.4) is 0 Å². The molecule has 3 N–H and O–H groups in total. The molecule has 23 heavy (non-hydrogen) atoms. The fourth-order valence-electron chi connectivity index (χ4n) is 1.88. The molecule has 2 amide bonds. The number of halogens is 3. The number of rotatable bonds is 3. The van der Waals surface area contributed by atoms with Crippen molar-refractivity contribution in [2.24, 2.45) is 0 Å². The molecule has 0 aliphatic heterocycles. The zero-order valence-corrected chi connectivity index (χ0v) is 11.5. The first-order valence-electron chi connectivity index (χ1n) is 6.35.